The van der Waals surface area contributed by atoms with Gasteiger partial charge in [-0.3, -0.25) is 4.90 Å². The van der Waals surface area contributed by atoms with Gasteiger partial charge in [-0.2, -0.15) is 0 Å². The van der Waals surface area contributed by atoms with Crippen LogP contribution in [0.5, 0.6) is 0 Å². The Hall–Kier alpha value is -0.160. The molecule has 0 unspecified atom stereocenters. The topological polar surface area (TPSA) is 35.7 Å². The smallest absolute Gasteiger partial charge is 0.0110 e. The van der Waals surface area contributed by atoms with Crippen LogP contribution in [0.15, 0.2) is 0 Å². The zero-order valence-electron chi connectivity index (χ0n) is 12.6. The molecule has 108 valence electrons. The first kappa shape index (κ1) is 15.9. The molecule has 0 aliphatic carbocycles. The summed E-state index contributed by atoms with van der Waals surface area (Å²) in [4.78, 5) is 7.59. The molecule has 0 amide bonds. The van der Waals surface area contributed by atoms with Gasteiger partial charge in [0.25, 0.3) is 0 Å². The lowest BCUT2D eigenvalue weighted by Gasteiger charge is -2.34. The maximum absolute atomic E-state index is 5.62. The fourth-order valence-electron chi connectivity index (χ4n) is 2.48. The Morgan fingerprint density at radius 3 is 2.33 bits per heavy atom. The third kappa shape index (κ3) is 6.69. The predicted molar refractivity (Wildman–Crippen MR) is 78.9 cm³/mol. The van der Waals surface area contributed by atoms with E-state index in [9.17, 15) is 0 Å². The molecule has 1 fully saturated rings. The van der Waals surface area contributed by atoms with Crippen LogP contribution in [-0.2, 0) is 0 Å². The van der Waals surface area contributed by atoms with Crippen LogP contribution in [0.2, 0.25) is 0 Å². The van der Waals surface area contributed by atoms with Crippen molar-refractivity contribution < 1.29 is 0 Å². The standard InChI is InChI=1S/C14H32N4/c1-14(2)13-18(6-4-5-15)12-11-17-9-7-16(3)8-10-17/h14H,4-13,15H2,1-3H3. The van der Waals surface area contributed by atoms with Gasteiger partial charge >= 0.3 is 0 Å². The van der Waals surface area contributed by atoms with E-state index >= 15 is 0 Å². The van der Waals surface area contributed by atoms with Gasteiger partial charge in [-0.05, 0) is 32.5 Å². The van der Waals surface area contributed by atoms with Crippen LogP contribution < -0.4 is 5.73 Å². The summed E-state index contributed by atoms with van der Waals surface area (Å²) < 4.78 is 0. The van der Waals surface area contributed by atoms with Gasteiger partial charge in [0.2, 0.25) is 0 Å². The van der Waals surface area contributed by atoms with Crippen LogP contribution >= 0.6 is 0 Å². The Morgan fingerprint density at radius 1 is 1.11 bits per heavy atom. The summed E-state index contributed by atoms with van der Waals surface area (Å²) in [5, 5.41) is 0. The molecule has 1 aliphatic rings. The summed E-state index contributed by atoms with van der Waals surface area (Å²) in [5.74, 6) is 0.746. The molecule has 4 heteroatoms. The molecule has 0 spiro atoms. The number of hydrogen-bond acceptors (Lipinski definition) is 4. The average molecular weight is 256 g/mol. The van der Waals surface area contributed by atoms with E-state index in [1.54, 1.807) is 0 Å². The second kappa shape index (κ2) is 8.86. The quantitative estimate of drug-likeness (QED) is 0.688. The molecule has 0 atom stereocenters. The Morgan fingerprint density at radius 2 is 1.78 bits per heavy atom. The van der Waals surface area contributed by atoms with Crippen molar-refractivity contribution in [3.05, 3.63) is 0 Å². The molecule has 0 saturated carbocycles. The predicted octanol–water partition coefficient (Wildman–Crippen LogP) is 0.541. The van der Waals surface area contributed by atoms with Gasteiger partial charge < -0.3 is 15.5 Å². The van der Waals surface area contributed by atoms with Gasteiger partial charge in [0.1, 0.15) is 0 Å². The van der Waals surface area contributed by atoms with E-state index in [1.165, 1.54) is 45.8 Å². The summed E-state index contributed by atoms with van der Waals surface area (Å²) in [6.07, 6.45) is 1.12. The SMILES string of the molecule is CC(C)CN(CCCN)CCN1CCN(C)CC1. The van der Waals surface area contributed by atoms with Crippen LogP contribution in [0.25, 0.3) is 0 Å². The number of likely N-dealkylation sites (N-methyl/N-ethyl adjacent to an activating group) is 1. The molecule has 2 N–H and O–H groups in total. The average Bonchev–Trinajstić information content (AvgIpc) is 2.34. The normalized spacial score (nSPS) is 19.0. The molecule has 18 heavy (non-hydrogen) atoms. The van der Waals surface area contributed by atoms with Crippen LogP contribution in [-0.4, -0.2) is 80.7 Å². The Balaban J connectivity index is 2.22. The highest BCUT2D eigenvalue weighted by Crippen LogP contribution is 2.03. The Kier molecular flexibility index (Phi) is 7.82. The summed E-state index contributed by atoms with van der Waals surface area (Å²) in [6.45, 7) is 15.1. The monoisotopic (exact) mass is 256 g/mol. The largest absolute Gasteiger partial charge is 0.330 e. The van der Waals surface area contributed by atoms with Crippen LogP contribution in [0.3, 0.4) is 0 Å². The molecular weight excluding hydrogens is 224 g/mol. The van der Waals surface area contributed by atoms with Gasteiger partial charge in [-0.1, -0.05) is 13.8 Å². The molecule has 0 aromatic rings. The van der Waals surface area contributed by atoms with E-state index in [1.807, 2.05) is 0 Å². The highest BCUT2D eigenvalue weighted by Gasteiger charge is 2.15. The van der Waals surface area contributed by atoms with E-state index in [4.69, 9.17) is 5.73 Å². The van der Waals surface area contributed by atoms with Crippen molar-refractivity contribution >= 4 is 0 Å². The van der Waals surface area contributed by atoms with E-state index < -0.39 is 0 Å². The minimum absolute atomic E-state index is 0.746. The molecule has 0 aromatic heterocycles. The molecule has 0 bridgehead atoms. The fourth-order valence-corrected chi connectivity index (χ4v) is 2.48. The van der Waals surface area contributed by atoms with Gasteiger partial charge in [-0.15, -0.1) is 0 Å². The molecule has 0 aromatic carbocycles. The lowest BCUT2D eigenvalue weighted by molar-refractivity contribution is 0.131. The van der Waals surface area contributed by atoms with Gasteiger partial charge in [-0.25, -0.2) is 0 Å². The lowest BCUT2D eigenvalue weighted by Crippen LogP contribution is -2.47. The molecule has 1 saturated heterocycles. The zero-order valence-corrected chi connectivity index (χ0v) is 12.6. The van der Waals surface area contributed by atoms with Crippen molar-refractivity contribution in [2.45, 2.75) is 20.3 Å². The van der Waals surface area contributed by atoms with Crippen molar-refractivity contribution in [3.63, 3.8) is 0 Å². The Bertz CT molecular complexity index is 200. The number of piperazine rings is 1. The second-order valence-corrected chi connectivity index (χ2v) is 5.98. The maximum Gasteiger partial charge on any atom is 0.0110 e. The van der Waals surface area contributed by atoms with E-state index in [-0.39, 0.29) is 0 Å². The third-order valence-corrected chi connectivity index (χ3v) is 3.63. The number of hydrogen-bond donors (Lipinski definition) is 1. The fraction of sp³-hybridized carbons (Fsp3) is 1.00. The van der Waals surface area contributed by atoms with Gasteiger partial charge in [0.15, 0.2) is 0 Å². The molecular formula is C14H32N4. The minimum Gasteiger partial charge on any atom is -0.330 e. The van der Waals surface area contributed by atoms with Crippen molar-refractivity contribution in [2.75, 3.05) is 66.0 Å². The number of nitrogens with zero attached hydrogens (tertiary/aromatic N) is 3. The molecule has 1 heterocycles. The first-order chi connectivity index (χ1) is 8.61. The summed E-state index contributed by atoms with van der Waals surface area (Å²) >= 11 is 0. The second-order valence-electron chi connectivity index (χ2n) is 5.98. The van der Waals surface area contributed by atoms with Crippen molar-refractivity contribution in [1.29, 1.82) is 0 Å². The minimum atomic E-state index is 0.746. The summed E-state index contributed by atoms with van der Waals surface area (Å²) in [6, 6.07) is 0. The highest BCUT2D eigenvalue weighted by atomic mass is 15.3. The molecule has 0 radical (unpaired) electrons. The van der Waals surface area contributed by atoms with E-state index in [0.717, 1.165) is 25.4 Å². The highest BCUT2D eigenvalue weighted by molar-refractivity contribution is 4.71. The lowest BCUT2D eigenvalue weighted by atomic mass is 10.2. The van der Waals surface area contributed by atoms with Crippen molar-refractivity contribution in [3.8, 4) is 0 Å². The number of nitrogens with two attached hydrogens (primary N) is 1. The van der Waals surface area contributed by atoms with Crippen molar-refractivity contribution in [1.82, 2.24) is 14.7 Å². The van der Waals surface area contributed by atoms with Gasteiger partial charge in [0, 0.05) is 45.8 Å². The summed E-state index contributed by atoms with van der Waals surface area (Å²) in [5.41, 5.74) is 5.62. The molecule has 1 rings (SSSR count). The third-order valence-electron chi connectivity index (χ3n) is 3.63. The maximum atomic E-state index is 5.62. The molecule has 4 nitrogen and oxygen atoms in total. The van der Waals surface area contributed by atoms with Crippen LogP contribution in [0, 0.1) is 5.92 Å². The zero-order chi connectivity index (χ0) is 13.4. The van der Waals surface area contributed by atoms with E-state index in [0.29, 0.717) is 0 Å². The van der Waals surface area contributed by atoms with Crippen LogP contribution in [0.4, 0.5) is 0 Å². The number of rotatable bonds is 8. The molecule has 1 aliphatic heterocycles. The first-order valence-corrected chi connectivity index (χ1v) is 7.45. The van der Waals surface area contributed by atoms with Crippen LogP contribution in [0.1, 0.15) is 20.3 Å². The van der Waals surface area contributed by atoms with E-state index in [2.05, 4.69) is 35.6 Å². The first-order valence-electron chi connectivity index (χ1n) is 7.45. The Labute approximate surface area is 113 Å². The summed E-state index contributed by atoms with van der Waals surface area (Å²) in [7, 11) is 2.21. The van der Waals surface area contributed by atoms with Gasteiger partial charge in [0.05, 0.1) is 0 Å². The van der Waals surface area contributed by atoms with Crippen molar-refractivity contribution in [2.24, 2.45) is 11.7 Å².